The molecular weight excluding hydrogens is 266 g/mol. The lowest BCUT2D eigenvalue weighted by Gasteiger charge is -2.01. The fraction of sp³-hybridized carbons (Fsp3) is 0.231. The van der Waals surface area contributed by atoms with Gasteiger partial charge < -0.3 is 0 Å². The molecule has 0 saturated heterocycles. The van der Waals surface area contributed by atoms with Gasteiger partial charge in [0.15, 0.2) is 0 Å². The zero-order chi connectivity index (χ0) is 13.1. The quantitative estimate of drug-likeness (QED) is 0.674. The third kappa shape index (κ3) is 3.09. The molecule has 5 heteroatoms. The van der Waals surface area contributed by atoms with E-state index in [0.717, 1.165) is 27.1 Å². The minimum atomic E-state index is 0.727. The summed E-state index contributed by atoms with van der Waals surface area (Å²) in [5, 5.41) is 5.87. The standard InChI is InChI=1S/C13H14ClN3S/c1-8-10(3)18-13(15-8)17-16-9(2)11-4-6-12(14)7-5-11/h4-7H,1-3H3,(H,15,17)/b16-9-. The topological polar surface area (TPSA) is 37.3 Å². The lowest BCUT2D eigenvalue weighted by Crippen LogP contribution is -1.99. The number of aromatic nitrogens is 1. The van der Waals surface area contributed by atoms with Crippen LogP contribution < -0.4 is 5.43 Å². The first-order valence-corrected chi connectivity index (χ1v) is 6.76. The number of hydrogen-bond donors (Lipinski definition) is 1. The van der Waals surface area contributed by atoms with E-state index in [-0.39, 0.29) is 0 Å². The molecule has 2 aromatic rings. The first kappa shape index (κ1) is 13.1. The largest absolute Gasteiger partial charge is 0.252 e. The summed E-state index contributed by atoms with van der Waals surface area (Å²) in [6, 6.07) is 7.60. The zero-order valence-electron chi connectivity index (χ0n) is 10.5. The van der Waals surface area contributed by atoms with E-state index in [4.69, 9.17) is 11.6 Å². The molecule has 18 heavy (non-hydrogen) atoms. The van der Waals surface area contributed by atoms with E-state index in [9.17, 15) is 0 Å². The molecule has 0 amide bonds. The molecule has 0 aliphatic heterocycles. The van der Waals surface area contributed by atoms with Crippen molar-refractivity contribution in [3.8, 4) is 0 Å². The Kier molecular flexibility index (Phi) is 3.99. The van der Waals surface area contributed by atoms with E-state index in [0.29, 0.717) is 0 Å². The molecule has 0 fully saturated rings. The molecule has 1 heterocycles. The lowest BCUT2D eigenvalue weighted by atomic mass is 10.1. The minimum Gasteiger partial charge on any atom is -0.252 e. The number of anilines is 1. The second kappa shape index (κ2) is 5.50. The molecule has 3 nitrogen and oxygen atoms in total. The summed E-state index contributed by atoms with van der Waals surface area (Å²) in [5.74, 6) is 0. The molecule has 94 valence electrons. The van der Waals surface area contributed by atoms with Crippen molar-refractivity contribution < 1.29 is 0 Å². The van der Waals surface area contributed by atoms with Crippen LogP contribution in [0.4, 0.5) is 5.13 Å². The highest BCUT2D eigenvalue weighted by Gasteiger charge is 2.02. The second-order valence-corrected chi connectivity index (χ2v) is 5.62. The van der Waals surface area contributed by atoms with Gasteiger partial charge in [-0.05, 0) is 38.5 Å². The molecule has 0 saturated carbocycles. The summed E-state index contributed by atoms with van der Waals surface area (Å²) in [5.41, 5.74) is 5.96. The monoisotopic (exact) mass is 279 g/mol. The Morgan fingerprint density at radius 1 is 1.28 bits per heavy atom. The van der Waals surface area contributed by atoms with Crippen LogP contribution in [-0.4, -0.2) is 10.7 Å². The van der Waals surface area contributed by atoms with Crippen LogP contribution in [-0.2, 0) is 0 Å². The molecule has 1 N–H and O–H groups in total. The van der Waals surface area contributed by atoms with E-state index in [1.54, 1.807) is 11.3 Å². The van der Waals surface area contributed by atoms with Gasteiger partial charge >= 0.3 is 0 Å². The number of thiazole rings is 1. The van der Waals surface area contributed by atoms with E-state index < -0.39 is 0 Å². The van der Waals surface area contributed by atoms with Crippen LogP contribution in [0.3, 0.4) is 0 Å². The summed E-state index contributed by atoms with van der Waals surface area (Å²) in [6.45, 7) is 5.99. The SMILES string of the molecule is C/C(=N/Nc1nc(C)c(C)s1)c1ccc(Cl)cc1. The fourth-order valence-corrected chi connectivity index (χ4v) is 2.29. The zero-order valence-corrected chi connectivity index (χ0v) is 12.1. The molecule has 2 rings (SSSR count). The Labute approximate surface area is 116 Å². The maximum atomic E-state index is 5.85. The number of nitrogens with one attached hydrogen (secondary N) is 1. The average Bonchev–Trinajstić information content (AvgIpc) is 2.67. The summed E-state index contributed by atoms with van der Waals surface area (Å²) >= 11 is 7.45. The van der Waals surface area contributed by atoms with Crippen molar-refractivity contribution in [3.63, 3.8) is 0 Å². The van der Waals surface area contributed by atoms with Crippen molar-refractivity contribution in [2.45, 2.75) is 20.8 Å². The molecule has 0 radical (unpaired) electrons. The molecule has 0 bridgehead atoms. The third-order valence-corrected chi connectivity index (χ3v) is 3.84. The Morgan fingerprint density at radius 2 is 1.94 bits per heavy atom. The molecule has 0 spiro atoms. The number of hydrogen-bond acceptors (Lipinski definition) is 4. The van der Waals surface area contributed by atoms with Gasteiger partial charge in [-0.15, -0.1) is 11.3 Å². The maximum absolute atomic E-state index is 5.85. The highest BCUT2D eigenvalue weighted by atomic mass is 35.5. The van der Waals surface area contributed by atoms with Gasteiger partial charge in [0, 0.05) is 9.90 Å². The smallest absolute Gasteiger partial charge is 0.203 e. The summed E-state index contributed by atoms with van der Waals surface area (Å²) in [7, 11) is 0. The van der Waals surface area contributed by atoms with Crippen LogP contribution in [0.1, 0.15) is 23.1 Å². The summed E-state index contributed by atoms with van der Waals surface area (Å²) < 4.78 is 0. The van der Waals surface area contributed by atoms with Crippen molar-refractivity contribution >= 4 is 33.8 Å². The summed E-state index contributed by atoms with van der Waals surface area (Å²) in [4.78, 5) is 5.57. The molecule has 0 unspecified atom stereocenters. The molecular formula is C13H14ClN3S. The van der Waals surface area contributed by atoms with Gasteiger partial charge in [0.2, 0.25) is 5.13 Å². The Balaban J connectivity index is 2.11. The third-order valence-electron chi connectivity index (χ3n) is 2.61. The number of rotatable bonds is 3. The van der Waals surface area contributed by atoms with Crippen LogP contribution in [0, 0.1) is 13.8 Å². The van der Waals surface area contributed by atoms with Crippen LogP contribution in [0.2, 0.25) is 5.02 Å². The van der Waals surface area contributed by atoms with E-state index >= 15 is 0 Å². The Hall–Kier alpha value is -1.39. The van der Waals surface area contributed by atoms with Crippen LogP contribution in [0.25, 0.3) is 0 Å². The van der Waals surface area contributed by atoms with Gasteiger partial charge in [-0.25, -0.2) is 4.98 Å². The van der Waals surface area contributed by atoms with Crippen molar-refractivity contribution in [1.82, 2.24) is 4.98 Å². The van der Waals surface area contributed by atoms with Crippen molar-refractivity contribution in [3.05, 3.63) is 45.4 Å². The number of hydrazone groups is 1. The number of halogens is 1. The van der Waals surface area contributed by atoms with Crippen molar-refractivity contribution in [1.29, 1.82) is 0 Å². The second-order valence-electron chi connectivity index (χ2n) is 3.98. The van der Waals surface area contributed by atoms with Crippen LogP contribution in [0.5, 0.6) is 0 Å². The first-order valence-electron chi connectivity index (χ1n) is 5.56. The number of benzene rings is 1. The average molecular weight is 280 g/mol. The molecule has 0 aliphatic rings. The van der Waals surface area contributed by atoms with E-state index in [1.807, 2.05) is 45.0 Å². The predicted octanol–water partition coefficient (Wildman–Crippen LogP) is 4.25. The van der Waals surface area contributed by atoms with Gasteiger partial charge in [-0.3, -0.25) is 5.43 Å². The van der Waals surface area contributed by atoms with E-state index in [1.165, 1.54) is 4.88 Å². The van der Waals surface area contributed by atoms with Crippen molar-refractivity contribution in [2.24, 2.45) is 5.10 Å². The maximum Gasteiger partial charge on any atom is 0.203 e. The van der Waals surface area contributed by atoms with Crippen LogP contribution in [0.15, 0.2) is 29.4 Å². The Bertz CT molecular complexity index is 553. The van der Waals surface area contributed by atoms with Crippen molar-refractivity contribution in [2.75, 3.05) is 5.43 Å². The van der Waals surface area contributed by atoms with Gasteiger partial charge in [-0.2, -0.15) is 5.10 Å². The van der Waals surface area contributed by atoms with Gasteiger partial charge in [0.25, 0.3) is 0 Å². The van der Waals surface area contributed by atoms with Crippen LogP contribution >= 0.6 is 22.9 Å². The highest BCUT2D eigenvalue weighted by Crippen LogP contribution is 2.21. The van der Waals surface area contributed by atoms with Gasteiger partial charge in [0.1, 0.15) is 0 Å². The lowest BCUT2D eigenvalue weighted by molar-refractivity contribution is 1.19. The predicted molar refractivity (Wildman–Crippen MR) is 78.9 cm³/mol. The highest BCUT2D eigenvalue weighted by molar-refractivity contribution is 7.15. The first-order chi connectivity index (χ1) is 8.56. The van der Waals surface area contributed by atoms with E-state index in [2.05, 4.69) is 15.5 Å². The minimum absolute atomic E-state index is 0.727. The number of nitrogens with zero attached hydrogens (tertiary/aromatic N) is 2. The van der Waals surface area contributed by atoms with Gasteiger partial charge in [-0.1, -0.05) is 23.7 Å². The molecule has 1 aromatic heterocycles. The molecule has 0 atom stereocenters. The fourth-order valence-electron chi connectivity index (χ4n) is 1.41. The molecule has 1 aromatic carbocycles. The Morgan fingerprint density at radius 3 is 2.50 bits per heavy atom. The van der Waals surface area contributed by atoms with Gasteiger partial charge in [0.05, 0.1) is 11.4 Å². The number of aryl methyl sites for hydroxylation is 2. The summed E-state index contributed by atoms with van der Waals surface area (Å²) in [6.07, 6.45) is 0. The normalized spacial score (nSPS) is 11.7. The molecule has 0 aliphatic carbocycles.